The van der Waals surface area contributed by atoms with Crippen LogP contribution in [0.25, 0.3) is 0 Å². The van der Waals surface area contributed by atoms with E-state index in [9.17, 15) is 9.18 Å². The lowest BCUT2D eigenvalue weighted by Gasteiger charge is -2.16. The minimum Gasteiger partial charge on any atom is -0.352 e. The van der Waals surface area contributed by atoms with Crippen LogP contribution in [0.3, 0.4) is 0 Å². The minimum absolute atomic E-state index is 0.0402. The van der Waals surface area contributed by atoms with Crippen molar-refractivity contribution < 1.29 is 9.18 Å². The summed E-state index contributed by atoms with van der Waals surface area (Å²) in [5, 5.41) is 2.87. The Balaban J connectivity index is 2.44. The molecule has 1 atom stereocenters. The molecule has 3 N–H and O–H groups in total. The molecule has 3 nitrogen and oxygen atoms in total. The van der Waals surface area contributed by atoms with E-state index in [0.717, 1.165) is 12.0 Å². The standard InChI is InChI=1S/C15H22ClFN2O/c1-10(2)5-12(8-18)7-15(20)19-9-11-3-4-14(17)13(16)6-11/h3-4,6,10,12H,5,7-9,18H2,1-2H3,(H,19,20). The lowest BCUT2D eigenvalue weighted by Crippen LogP contribution is -2.28. The predicted molar refractivity (Wildman–Crippen MR) is 79.9 cm³/mol. The highest BCUT2D eigenvalue weighted by Gasteiger charge is 2.14. The smallest absolute Gasteiger partial charge is 0.220 e. The number of halogens is 2. The first kappa shape index (κ1) is 16.9. The Morgan fingerprint density at radius 2 is 2.15 bits per heavy atom. The van der Waals surface area contributed by atoms with Crippen LogP contribution in [0.15, 0.2) is 18.2 Å². The second-order valence-corrected chi connectivity index (χ2v) is 5.87. The van der Waals surface area contributed by atoms with Crippen LogP contribution in [0, 0.1) is 17.7 Å². The first-order valence-electron chi connectivity index (χ1n) is 6.83. The van der Waals surface area contributed by atoms with Crippen LogP contribution in [0.5, 0.6) is 0 Å². The molecule has 5 heteroatoms. The van der Waals surface area contributed by atoms with Crippen LogP contribution in [0.1, 0.15) is 32.3 Å². The third-order valence-electron chi connectivity index (χ3n) is 3.09. The van der Waals surface area contributed by atoms with Gasteiger partial charge < -0.3 is 11.1 Å². The lowest BCUT2D eigenvalue weighted by molar-refractivity contribution is -0.122. The van der Waals surface area contributed by atoms with Gasteiger partial charge in [0.05, 0.1) is 5.02 Å². The molecule has 0 aliphatic carbocycles. The van der Waals surface area contributed by atoms with Gasteiger partial charge in [-0.1, -0.05) is 31.5 Å². The molecule has 0 aromatic heterocycles. The molecule has 20 heavy (non-hydrogen) atoms. The van der Waals surface area contributed by atoms with Crippen molar-refractivity contribution in [2.75, 3.05) is 6.54 Å². The summed E-state index contributed by atoms with van der Waals surface area (Å²) in [5.41, 5.74) is 6.45. The molecule has 0 aliphatic heterocycles. The number of amides is 1. The van der Waals surface area contributed by atoms with E-state index in [1.807, 2.05) is 0 Å². The molecule has 0 heterocycles. The van der Waals surface area contributed by atoms with E-state index in [1.54, 1.807) is 6.07 Å². The van der Waals surface area contributed by atoms with Gasteiger partial charge in [-0.15, -0.1) is 0 Å². The van der Waals surface area contributed by atoms with E-state index in [-0.39, 0.29) is 16.8 Å². The molecule has 1 aromatic carbocycles. The Kier molecular flexibility index (Phi) is 6.96. The maximum atomic E-state index is 13.0. The topological polar surface area (TPSA) is 55.1 Å². The fraction of sp³-hybridized carbons (Fsp3) is 0.533. The maximum absolute atomic E-state index is 13.0. The second kappa shape index (κ2) is 8.22. The Hall–Kier alpha value is -1.13. The molecular weight excluding hydrogens is 279 g/mol. The number of hydrogen-bond acceptors (Lipinski definition) is 2. The first-order valence-corrected chi connectivity index (χ1v) is 7.20. The quantitative estimate of drug-likeness (QED) is 0.813. The summed E-state index contributed by atoms with van der Waals surface area (Å²) in [4.78, 5) is 11.8. The normalized spacial score (nSPS) is 12.5. The van der Waals surface area contributed by atoms with Gasteiger partial charge in [-0.05, 0) is 42.5 Å². The fourth-order valence-electron chi connectivity index (χ4n) is 2.11. The maximum Gasteiger partial charge on any atom is 0.220 e. The second-order valence-electron chi connectivity index (χ2n) is 5.46. The van der Waals surface area contributed by atoms with Crippen molar-refractivity contribution in [1.82, 2.24) is 5.32 Å². The summed E-state index contributed by atoms with van der Waals surface area (Å²) in [7, 11) is 0. The Bertz CT molecular complexity index is 451. The Labute approximate surface area is 124 Å². The van der Waals surface area contributed by atoms with Gasteiger partial charge in [-0.25, -0.2) is 4.39 Å². The van der Waals surface area contributed by atoms with E-state index >= 15 is 0 Å². The van der Waals surface area contributed by atoms with E-state index in [0.29, 0.717) is 25.4 Å². The molecule has 1 amide bonds. The van der Waals surface area contributed by atoms with Crippen LogP contribution in [-0.2, 0) is 11.3 Å². The molecule has 112 valence electrons. The van der Waals surface area contributed by atoms with Crippen LogP contribution < -0.4 is 11.1 Å². The highest BCUT2D eigenvalue weighted by molar-refractivity contribution is 6.30. The zero-order valence-electron chi connectivity index (χ0n) is 12.0. The van der Waals surface area contributed by atoms with E-state index in [4.69, 9.17) is 17.3 Å². The van der Waals surface area contributed by atoms with Crippen LogP contribution >= 0.6 is 11.6 Å². The Morgan fingerprint density at radius 1 is 1.45 bits per heavy atom. The predicted octanol–water partition coefficient (Wildman–Crippen LogP) is 3.11. The highest BCUT2D eigenvalue weighted by Crippen LogP contribution is 2.16. The number of benzene rings is 1. The van der Waals surface area contributed by atoms with Crippen LogP contribution in [-0.4, -0.2) is 12.5 Å². The molecule has 1 aromatic rings. The summed E-state index contributed by atoms with van der Waals surface area (Å²) in [6, 6.07) is 4.42. The molecule has 0 spiro atoms. The zero-order chi connectivity index (χ0) is 15.1. The average molecular weight is 301 g/mol. The van der Waals surface area contributed by atoms with Crippen molar-refractivity contribution in [3.05, 3.63) is 34.6 Å². The molecule has 0 radical (unpaired) electrons. The number of rotatable bonds is 7. The SMILES string of the molecule is CC(C)CC(CN)CC(=O)NCc1ccc(F)c(Cl)c1. The molecule has 1 unspecified atom stereocenters. The third kappa shape index (κ3) is 5.88. The summed E-state index contributed by atoms with van der Waals surface area (Å²) < 4.78 is 13.0. The summed E-state index contributed by atoms with van der Waals surface area (Å²) >= 11 is 5.69. The van der Waals surface area contributed by atoms with Crippen LogP contribution in [0.2, 0.25) is 5.02 Å². The van der Waals surface area contributed by atoms with Gasteiger partial charge in [0.15, 0.2) is 0 Å². The minimum atomic E-state index is -0.457. The van der Waals surface area contributed by atoms with Crippen molar-refractivity contribution in [3.8, 4) is 0 Å². The summed E-state index contributed by atoms with van der Waals surface area (Å²) in [5.74, 6) is 0.225. The van der Waals surface area contributed by atoms with Gasteiger partial charge in [0, 0.05) is 13.0 Å². The van der Waals surface area contributed by atoms with Crippen molar-refractivity contribution >= 4 is 17.5 Å². The van der Waals surface area contributed by atoms with Gasteiger partial charge >= 0.3 is 0 Å². The number of carbonyl (C=O) groups excluding carboxylic acids is 1. The van der Waals surface area contributed by atoms with Crippen molar-refractivity contribution in [3.63, 3.8) is 0 Å². The fourth-order valence-corrected chi connectivity index (χ4v) is 2.32. The number of nitrogens with one attached hydrogen (secondary N) is 1. The van der Waals surface area contributed by atoms with Gasteiger partial charge in [0.2, 0.25) is 5.91 Å². The molecular formula is C15H22ClFN2O. The molecule has 0 aliphatic rings. The van der Waals surface area contributed by atoms with Gasteiger partial charge in [0.1, 0.15) is 5.82 Å². The number of nitrogens with two attached hydrogens (primary N) is 1. The lowest BCUT2D eigenvalue weighted by atomic mass is 9.94. The van der Waals surface area contributed by atoms with Crippen molar-refractivity contribution in [2.45, 2.75) is 33.2 Å². The number of hydrogen-bond donors (Lipinski definition) is 2. The van der Waals surface area contributed by atoms with Crippen molar-refractivity contribution in [2.24, 2.45) is 17.6 Å². The molecule has 0 fully saturated rings. The van der Waals surface area contributed by atoms with E-state index < -0.39 is 5.82 Å². The molecule has 1 rings (SSSR count). The summed E-state index contributed by atoms with van der Waals surface area (Å²) in [6.45, 7) is 5.08. The third-order valence-corrected chi connectivity index (χ3v) is 3.38. The number of carbonyl (C=O) groups is 1. The average Bonchev–Trinajstić information content (AvgIpc) is 2.39. The first-order chi connectivity index (χ1) is 9.42. The van der Waals surface area contributed by atoms with Gasteiger partial charge in [-0.3, -0.25) is 4.79 Å². The molecule has 0 bridgehead atoms. The highest BCUT2D eigenvalue weighted by atomic mass is 35.5. The monoisotopic (exact) mass is 300 g/mol. The van der Waals surface area contributed by atoms with E-state index in [1.165, 1.54) is 12.1 Å². The van der Waals surface area contributed by atoms with E-state index in [2.05, 4.69) is 19.2 Å². The van der Waals surface area contributed by atoms with Crippen molar-refractivity contribution in [1.29, 1.82) is 0 Å². The van der Waals surface area contributed by atoms with Gasteiger partial charge in [0.25, 0.3) is 0 Å². The molecule has 0 saturated carbocycles. The Morgan fingerprint density at radius 3 is 2.70 bits per heavy atom. The van der Waals surface area contributed by atoms with Gasteiger partial charge in [-0.2, -0.15) is 0 Å². The largest absolute Gasteiger partial charge is 0.352 e. The summed E-state index contributed by atoms with van der Waals surface area (Å²) in [6.07, 6.45) is 1.36. The molecule has 0 saturated heterocycles. The zero-order valence-corrected chi connectivity index (χ0v) is 12.7. The van der Waals surface area contributed by atoms with Crippen LogP contribution in [0.4, 0.5) is 4.39 Å².